The van der Waals surface area contributed by atoms with Crippen LogP contribution in [0.1, 0.15) is 23.0 Å². The molecule has 1 saturated heterocycles. The maximum Gasteiger partial charge on any atom is 0.364 e. The minimum absolute atomic E-state index is 0.551. The van der Waals surface area contributed by atoms with Crippen LogP contribution in [0.15, 0.2) is 60.7 Å². The third-order valence-electron chi connectivity index (χ3n) is 3.36. The SMILES string of the molecule is O=C1OOC(=O)[C@@H](c2ccccc2)[C@H]1c1ccccc1. The van der Waals surface area contributed by atoms with Crippen LogP contribution in [0.5, 0.6) is 0 Å². The Hall–Kier alpha value is -2.62. The quantitative estimate of drug-likeness (QED) is 0.785. The van der Waals surface area contributed by atoms with Crippen molar-refractivity contribution in [1.82, 2.24) is 0 Å². The molecule has 0 amide bonds. The van der Waals surface area contributed by atoms with Crippen LogP contribution in [0.25, 0.3) is 0 Å². The zero-order chi connectivity index (χ0) is 13.9. The van der Waals surface area contributed by atoms with Crippen LogP contribution in [0.4, 0.5) is 0 Å². The van der Waals surface area contributed by atoms with Crippen molar-refractivity contribution in [3.8, 4) is 0 Å². The van der Waals surface area contributed by atoms with Gasteiger partial charge < -0.3 is 0 Å². The Labute approximate surface area is 115 Å². The molecule has 0 unspecified atom stereocenters. The molecule has 1 aliphatic heterocycles. The molecule has 0 radical (unpaired) electrons. The fourth-order valence-corrected chi connectivity index (χ4v) is 2.44. The average molecular weight is 268 g/mol. The van der Waals surface area contributed by atoms with Crippen LogP contribution >= 0.6 is 0 Å². The summed E-state index contributed by atoms with van der Waals surface area (Å²) in [4.78, 5) is 33.1. The van der Waals surface area contributed by atoms with E-state index in [9.17, 15) is 9.59 Å². The highest BCUT2D eigenvalue weighted by Crippen LogP contribution is 2.38. The first-order valence-corrected chi connectivity index (χ1v) is 6.29. The summed E-state index contributed by atoms with van der Waals surface area (Å²) < 4.78 is 0. The average Bonchev–Trinajstić information content (AvgIpc) is 2.51. The van der Waals surface area contributed by atoms with Crippen molar-refractivity contribution in [2.45, 2.75) is 11.8 Å². The molecule has 4 heteroatoms. The first kappa shape index (κ1) is 12.4. The smallest absolute Gasteiger partial charge is 0.247 e. The second kappa shape index (κ2) is 5.17. The molecule has 2 aromatic rings. The lowest BCUT2D eigenvalue weighted by atomic mass is 9.81. The van der Waals surface area contributed by atoms with Gasteiger partial charge in [-0.1, -0.05) is 60.7 Å². The Morgan fingerprint density at radius 1 is 0.600 bits per heavy atom. The zero-order valence-electron chi connectivity index (χ0n) is 10.6. The Kier molecular flexibility index (Phi) is 3.21. The number of benzene rings is 2. The van der Waals surface area contributed by atoms with Crippen LogP contribution in [0.3, 0.4) is 0 Å². The maximum absolute atomic E-state index is 12.0. The number of rotatable bonds is 2. The molecule has 0 N–H and O–H groups in total. The Morgan fingerprint density at radius 2 is 0.950 bits per heavy atom. The molecule has 0 aromatic heterocycles. The summed E-state index contributed by atoms with van der Waals surface area (Å²) in [5, 5.41) is 0. The van der Waals surface area contributed by atoms with E-state index >= 15 is 0 Å². The van der Waals surface area contributed by atoms with Crippen molar-refractivity contribution in [2.24, 2.45) is 0 Å². The Balaban J connectivity index is 2.07. The number of carbonyl (C=O) groups excluding carboxylic acids is 2. The highest BCUT2D eigenvalue weighted by molar-refractivity contribution is 5.92. The minimum atomic E-state index is -0.681. The summed E-state index contributed by atoms with van der Waals surface area (Å²) in [5.41, 5.74) is 1.48. The summed E-state index contributed by atoms with van der Waals surface area (Å²) in [6, 6.07) is 18.2. The van der Waals surface area contributed by atoms with Crippen LogP contribution < -0.4 is 0 Å². The van der Waals surface area contributed by atoms with E-state index in [1.165, 1.54) is 0 Å². The van der Waals surface area contributed by atoms with Gasteiger partial charge in [0.15, 0.2) is 0 Å². The van der Waals surface area contributed by atoms with Gasteiger partial charge in [0.1, 0.15) is 11.8 Å². The molecule has 4 nitrogen and oxygen atoms in total. The van der Waals surface area contributed by atoms with Gasteiger partial charge in [-0.15, -0.1) is 0 Å². The van der Waals surface area contributed by atoms with Crippen LogP contribution in [0.2, 0.25) is 0 Å². The van der Waals surface area contributed by atoms with Gasteiger partial charge in [-0.25, -0.2) is 19.4 Å². The van der Waals surface area contributed by atoms with Crippen LogP contribution in [-0.4, -0.2) is 11.9 Å². The molecule has 0 bridgehead atoms. The van der Waals surface area contributed by atoms with Crippen LogP contribution in [0, 0.1) is 0 Å². The van der Waals surface area contributed by atoms with Gasteiger partial charge >= 0.3 is 11.9 Å². The molecule has 20 heavy (non-hydrogen) atoms. The van der Waals surface area contributed by atoms with E-state index < -0.39 is 23.8 Å². The minimum Gasteiger partial charge on any atom is -0.247 e. The van der Waals surface area contributed by atoms with Gasteiger partial charge in [0.2, 0.25) is 0 Å². The Bertz CT molecular complexity index is 564. The highest BCUT2D eigenvalue weighted by atomic mass is 17.2. The molecule has 2 aromatic carbocycles. The van der Waals surface area contributed by atoms with E-state index in [1.54, 1.807) is 24.3 Å². The van der Waals surface area contributed by atoms with Gasteiger partial charge in [-0.3, -0.25) is 0 Å². The lowest BCUT2D eigenvalue weighted by Gasteiger charge is -2.27. The van der Waals surface area contributed by atoms with Crippen molar-refractivity contribution in [1.29, 1.82) is 0 Å². The molecule has 2 atom stereocenters. The number of hydrogen-bond acceptors (Lipinski definition) is 4. The van der Waals surface area contributed by atoms with Gasteiger partial charge in [-0.05, 0) is 11.1 Å². The molecule has 1 heterocycles. The van der Waals surface area contributed by atoms with E-state index in [1.807, 2.05) is 36.4 Å². The molecule has 1 aliphatic rings. The Morgan fingerprint density at radius 3 is 1.30 bits per heavy atom. The van der Waals surface area contributed by atoms with E-state index in [4.69, 9.17) is 0 Å². The normalized spacial score (nSPS) is 22.0. The largest absolute Gasteiger partial charge is 0.364 e. The van der Waals surface area contributed by atoms with E-state index in [-0.39, 0.29) is 0 Å². The summed E-state index contributed by atoms with van der Waals surface area (Å²) in [5.74, 6) is -2.46. The first-order valence-electron chi connectivity index (χ1n) is 6.29. The van der Waals surface area contributed by atoms with Gasteiger partial charge in [0.25, 0.3) is 0 Å². The van der Waals surface area contributed by atoms with Gasteiger partial charge in [0.05, 0.1) is 0 Å². The second-order valence-corrected chi connectivity index (χ2v) is 4.58. The van der Waals surface area contributed by atoms with Crippen molar-refractivity contribution in [3.05, 3.63) is 71.8 Å². The van der Waals surface area contributed by atoms with Crippen molar-refractivity contribution < 1.29 is 19.4 Å². The monoisotopic (exact) mass is 268 g/mol. The van der Waals surface area contributed by atoms with Crippen molar-refractivity contribution >= 4 is 11.9 Å². The molecule has 0 spiro atoms. The molecular formula is C16H12O4. The summed E-state index contributed by atoms with van der Waals surface area (Å²) >= 11 is 0. The number of hydrogen-bond donors (Lipinski definition) is 0. The molecule has 0 aliphatic carbocycles. The zero-order valence-corrected chi connectivity index (χ0v) is 10.6. The third-order valence-corrected chi connectivity index (χ3v) is 3.36. The van der Waals surface area contributed by atoms with Gasteiger partial charge in [-0.2, -0.15) is 0 Å². The molecule has 1 fully saturated rings. The predicted octanol–water partition coefficient (Wildman–Crippen LogP) is 2.57. The lowest BCUT2D eigenvalue weighted by molar-refractivity contribution is -0.272. The molecule has 3 rings (SSSR count). The highest BCUT2D eigenvalue weighted by Gasteiger charge is 2.44. The van der Waals surface area contributed by atoms with E-state index in [0.29, 0.717) is 0 Å². The third kappa shape index (κ3) is 2.16. The standard InChI is InChI=1S/C16H12O4/c17-15-13(11-7-3-1-4-8-11)14(16(18)20-19-15)12-9-5-2-6-10-12/h1-10,13-14H/t13-,14+. The molecule has 0 saturated carbocycles. The predicted molar refractivity (Wildman–Crippen MR) is 70.6 cm³/mol. The summed E-state index contributed by atoms with van der Waals surface area (Å²) in [6.45, 7) is 0. The van der Waals surface area contributed by atoms with Crippen molar-refractivity contribution in [3.63, 3.8) is 0 Å². The summed E-state index contributed by atoms with van der Waals surface area (Å²) in [7, 11) is 0. The van der Waals surface area contributed by atoms with Crippen molar-refractivity contribution in [2.75, 3.05) is 0 Å². The molecule has 100 valence electrons. The topological polar surface area (TPSA) is 52.6 Å². The maximum atomic E-state index is 12.0. The fourth-order valence-electron chi connectivity index (χ4n) is 2.44. The second-order valence-electron chi connectivity index (χ2n) is 4.58. The fraction of sp³-hybridized carbons (Fsp3) is 0.125. The first-order chi connectivity index (χ1) is 9.77. The van der Waals surface area contributed by atoms with Gasteiger partial charge in [0, 0.05) is 0 Å². The van der Waals surface area contributed by atoms with E-state index in [0.717, 1.165) is 11.1 Å². The van der Waals surface area contributed by atoms with Crippen LogP contribution in [-0.2, 0) is 19.4 Å². The summed E-state index contributed by atoms with van der Waals surface area (Å²) in [6.07, 6.45) is 0. The molecular weight excluding hydrogens is 256 g/mol. The lowest BCUT2D eigenvalue weighted by Crippen LogP contribution is -2.35. The number of carbonyl (C=O) groups is 2. The van der Waals surface area contributed by atoms with E-state index in [2.05, 4.69) is 9.78 Å².